The van der Waals surface area contributed by atoms with Gasteiger partial charge in [-0.15, -0.1) is 11.3 Å². The molecule has 1 N–H and O–H groups in total. The molecule has 1 aromatic rings. The third-order valence-corrected chi connectivity index (χ3v) is 5.97. The summed E-state index contributed by atoms with van der Waals surface area (Å²) in [5.74, 6) is -0.830. The molecule has 1 atom stereocenters. The number of sulfonamides is 1. The zero-order chi connectivity index (χ0) is 14.6. The summed E-state index contributed by atoms with van der Waals surface area (Å²) >= 11 is 0.932. The predicted molar refractivity (Wildman–Crippen MR) is 75.2 cm³/mol. The van der Waals surface area contributed by atoms with Gasteiger partial charge >= 0.3 is 5.97 Å². The van der Waals surface area contributed by atoms with E-state index in [1.54, 1.807) is 6.92 Å². The third-order valence-electron chi connectivity index (χ3n) is 2.99. The fourth-order valence-electron chi connectivity index (χ4n) is 1.59. The second-order valence-corrected chi connectivity index (χ2v) is 7.27. The molecule has 0 aromatic carbocycles. The highest BCUT2D eigenvalue weighted by molar-refractivity contribution is 7.89. The molecule has 1 unspecified atom stereocenters. The average Bonchev–Trinajstić information content (AvgIpc) is 2.85. The van der Waals surface area contributed by atoms with E-state index in [1.807, 2.05) is 13.8 Å². The van der Waals surface area contributed by atoms with E-state index in [1.165, 1.54) is 15.8 Å². The number of carboxylic acid groups (broad SMARTS) is 1. The van der Waals surface area contributed by atoms with Crippen LogP contribution in [-0.2, 0) is 10.0 Å². The van der Waals surface area contributed by atoms with Crippen LogP contribution >= 0.6 is 11.3 Å². The number of aromatic carboxylic acids is 1. The molecule has 19 heavy (non-hydrogen) atoms. The van der Waals surface area contributed by atoms with Gasteiger partial charge in [0.1, 0.15) is 4.88 Å². The molecule has 0 aliphatic rings. The highest BCUT2D eigenvalue weighted by Gasteiger charge is 2.26. The Bertz CT molecular complexity index is 536. The first kappa shape index (κ1) is 16.1. The normalized spacial score (nSPS) is 13.7. The van der Waals surface area contributed by atoms with Crippen molar-refractivity contribution in [1.82, 2.24) is 4.31 Å². The first-order valence-corrected chi connectivity index (χ1v) is 8.46. The molecule has 0 aliphatic heterocycles. The Hall–Kier alpha value is -0.920. The van der Waals surface area contributed by atoms with Gasteiger partial charge in [-0.1, -0.05) is 27.2 Å². The van der Waals surface area contributed by atoms with Crippen molar-refractivity contribution in [3.8, 4) is 0 Å². The van der Waals surface area contributed by atoms with E-state index in [4.69, 9.17) is 5.11 Å². The van der Waals surface area contributed by atoms with Crippen LogP contribution in [0.3, 0.4) is 0 Å². The summed E-state index contributed by atoms with van der Waals surface area (Å²) in [6.45, 7) is 6.62. The van der Waals surface area contributed by atoms with Gasteiger partial charge in [0.15, 0.2) is 0 Å². The zero-order valence-electron chi connectivity index (χ0n) is 11.3. The fourth-order valence-corrected chi connectivity index (χ4v) is 4.26. The topological polar surface area (TPSA) is 74.7 Å². The summed E-state index contributed by atoms with van der Waals surface area (Å²) < 4.78 is 26.2. The van der Waals surface area contributed by atoms with Crippen LogP contribution in [0.25, 0.3) is 0 Å². The molecule has 5 nitrogen and oxygen atoms in total. The van der Waals surface area contributed by atoms with Crippen LogP contribution < -0.4 is 0 Å². The Labute approximate surface area is 117 Å². The molecule has 1 heterocycles. The molecule has 0 spiro atoms. The molecule has 0 saturated carbocycles. The number of nitrogens with zero attached hydrogens (tertiary/aromatic N) is 1. The molecule has 0 fully saturated rings. The van der Waals surface area contributed by atoms with Crippen molar-refractivity contribution in [1.29, 1.82) is 0 Å². The zero-order valence-corrected chi connectivity index (χ0v) is 12.9. The van der Waals surface area contributed by atoms with Crippen LogP contribution in [-0.4, -0.2) is 36.9 Å². The third kappa shape index (κ3) is 3.77. The molecule has 1 aromatic heterocycles. The minimum absolute atomic E-state index is 0.0400. The van der Waals surface area contributed by atoms with Gasteiger partial charge < -0.3 is 5.11 Å². The second-order valence-electron chi connectivity index (χ2n) is 4.42. The predicted octanol–water partition coefficient (Wildman–Crippen LogP) is 2.50. The lowest BCUT2D eigenvalue weighted by atomic mass is 10.1. The van der Waals surface area contributed by atoms with Crippen molar-refractivity contribution < 1.29 is 18.3 Å². The van der Waals surface area contributed by atoms with Gasteiger partial charge in [-0.2, -0.15) is 4.31 Å². The van der Waals surface area contributed by atoms with Gasteiger partial charge in [0.05, 0.1) is 4.90 Å². The summed E-state index contributed by atoms with van der Waals surface area (Å²) in [7, 11) is -3.59. The van der Waals surface area contributed by atoms with Gasteiger partial charge in [0.2, 0.25) is 10.0 Å². The van der Waals surface area contributed by atoms with E-state index >= 15 is 0 Å². The lowest BCUT2D eigenvalue weighted by Crippen LogP contribution is -2.34. The van der Waals surface area contributed by atoms with Crippen molar-refractivity contribution in [3.05, 3.63) is 16.3 Å². The Kier molecular flexibility index (Phi) is 5.51. The summed E-state index contributed by atoms with van der Waals surface area (Å²) in [5.41, 5.74) is 0. The smallest absolute Gasteiger partial charge is 0.345 e. The minimum atomic E-state index is -3.59. The summed E-state index contributed by atoms with van der Waals surface area (Å²) in [6, 6.07) is 1.22. The summed E-state index contributed by atoms with van der Waals surface area (Å²) in [5, 5.41) is 10.2. The fraction of sp³-hybridized carbons (Fsp3) is 0.583. The standard InChI is InChI=1S/C12H19NO4S2/c1-4-9(3)7-13(5-2)19(16,17)10-6-11(12(14)15)18-8-10/h6,8-9H,4-5,7H2,1-3H3,(H,14,15). The van der Waals surface area contributed by atoms with E-state index in [2.05, 4.69) is 0 Å². The van der Waals surface area contributed by atoms with Gasteiger partial charge in [-0.05, 0) is 12.0 Å². The molecule has 108 valence electrons. The summed E-state index contributed by atoms with van der Waals surface area (Å²) in [6.07, 6.45) is 0.899. The van der Waals surface area contributed by atoms with E-state index in [9.17, 15) is 13.2 Å². The number of hydrogen-bond donors (Lipinski definition) is 1. The van der Waals surface area contributed by atoms with Crippen molar-refractivity contribution in [2.24, 2.45) is 5.92 Å². The van der Waals surface area contributed by atoms with Crippen LogP contribution in [0.1, 0.15) is 36.9 Å². The highest BCUT2D eigenvalue weighted by Crippen LogP contribution is 2.23. The highest BCUT2D eigenvalue weighted by atomic mass is 32.2. The van der Waals surface area contributed by atoms with Crippen LogP contribution in [0.5, 0.6) is 0 Å². The van der Waals surface area contributed by atoms with E-state index < -0.39 is 16.0 Å². The second kappa shape index (κ2) is 6.49. The van der Waals surface area contributed by atoms with Crippen LogP contribution in [0.4, 0.5) is 0 Å². The first-order chi connectivity index (χ1) is 8.82. The lowest BCUT2D eigenvalue weighted by Gasteiger charge is -2.22. The number of hydrogen-bond acceptors (Lipinski definition) is 4. The molecule has 0 radical (unpaired) electrons. The van der Waals surface area contributed by atoms with E-state index in [0.29, 0.717) is 13.1 Å². The Morgan fingerprint density at radius 2 is 2.11 bits per heavy atom. The maximum Gasteiger partial charge on any atom is 0.345 e. The number of thiophene rings is 1. The maximum atomic E-state index is 12.4. The first-order valence-electron chi connectivity index (χ1n) is 6.14. The molecule has 7 heteroatoms. The molecule has 1 rings (SSSR count). The van der Waals surface area contributed by atoms with Crippen LogP contribution in [0.15, 0.2) is 16.3 Å². The number of rotatable bonds is 7. The van der Waals surface area contributed by atoms with Gasteiger partial charge in [-0.3, -0.25) is 0 Å². The number of carbonyl (C=O) groups is 1. The van der Waals surface area contributed by atoms with Crippen molar-refractivity contribution >= 4 is 27.3 Å². The SMILES string of the molecule is CCC(C)CN(CC)S(=O)(=O)c1csc(C(=O)O)c1. The molecule has 0 aliphatic carbocycles. The van der Waals surface area contributed by atoms with Gasteiger partial charge in [0.25, 0.3) is 0 Å². The molecular weight excluding hydrogens is 286 g/mol. The number of carboxylic acids is 1. The average molecular weight is 305 g/mol. The van der Waals surface area contributed by atoms with Gasteiger partial charge in [0, 0.05) is 18.5 Å². The van der Waals surface area contributed by atoms with Crippen molar-refractivity contribution in [3.63, 3.8) is 0 Å². The van der Waals surface area contributed by atoms with Crippen LogP contribution in [0, 0.1) is 5.92 Å². The van der Waals surface area contributed by atoms with Gasteiger partial charge in [-0.25, -0.2) is 13.2 Å². The molecular formula is C12H19NO4S2. The monoisotopic (exact) mass is 305 g/mol. The molecule has 0 bridgehead atoms. The van der Waals surface area contributed by atoms with E-state index in [0.717, 1.165) is 17.8 Å². The van der Waals surface area contributed by atoms with E-state index in [-0.39, 0.29) is 15.7 Å². The maximum absolute atomic E-state index is 12.4. The van der Waals surface area contributed by atoms with Crippen molar-refractivity contribution in [2.75, 3.05) is 13.1 Å². The minimum Gasteiger partial charge on any atom is -0.477 e. The molecule has 0 amide bonds. The Morgan fingerprint density at radius 3 is 2.53 bits per heavy atom. The van der Waals surface area contributed by atoms with Crippen molar-refractivity contribution in [2.45, 2.75) is 32.1 Å². The van der Waals surface area contributed by atoms with Crippen LogP contribution in [0.2, 0.25) is 0 Å². The Morgan fingerprint density at radius 1 is 1.47 bits per heavy atom. The lowest BCUT2D eigenvalue weighted by molar-refractivity contribution is 0.0702. The largest absolute Gasteiger partial charge is 0.477 e. The molecule has 0 saturated heterocycles. The summed E-state index contributed by atoms with van der Waals surface area (Å²) in [4.78, 5) is 10.9. The quantitative estimate of drug-likeness (QED) is 0.840. The Balaban J connectivity index is 3.02.